The number of esters is 1. The molecule has 0 aliphatic carbocycles. The zero-order valence-electron chi connectivity index (χ0n) is 15.1. The summed E-state index contributed by atoms with van der Waals surface area (Å²) in [4.78, 5) is 11.5. The molecule has 0 saturated carbocycles. The minimum absolute atomic E-state index is 0.336. The van der Waals surface area contributed by atoms with Crippen LogP contribution < -0.4 is 0 Å². The van der Waals surface area contributed by atoms with E-state index < -0.39 is 25.9 Å². The van der Waals surface area contributed by atoms with Gasteiger partial charge in [-0.2, -0.15) is 0 Å². The van der Waals surface area contributed by atoms with Crippen LogP contribution in [0.5, 0.6) is 0 Å². The van der Waals surface area contributed by atoms with Crippen LogP contribution in [0.15, 0.2) is 24.5 Å². The number of hydrogen-bond donors (Lipinski definition) is 0. The summed E-state index contributed by atoms with van der Waals surface area (Å²) < 4.78 is 17.2. The van der Waals surface area contributed by atoms with Gasteiger partial charge in [-0.3, -0.25) is 0 Å². The zero-order valence-corrected chi connectivity index (χ0v) is 18.1. The Hall–Kier alpha value is -0.479. The summed E-state index contributed by atoms with van der Waals surface area (Å²) in [7, 11) is -4.40. The van der Waals surface area contributed by atoms with Gasteiger partial charge in [-0.25, -0.2) is 4.79 Å². The Morgan fingerprint density at radius 1 is 1.09 bits per heavy atom. The van der Waals surface area contributed by atoms with Crippen LogP contribution in [0, 0.1) is 0 Å². The van der Waals surface area contributed by atoms with Crippen molar-refractivity contribution in [1.82, 2.24) is 0 Å². The Kier molecular flexibility index (Phi) is 9.40. The van der Waals surface area contributed by atoms with Crippen molar-refractivity contribution in [2.45, 2.75) is 65.1 Å². The highest BCUT2D eigenvalue weighted by molar-refractivity contribution is 6.81. The van der Waals surface area contributed by atoms with Crippen LogP contribution in [0.3, 0.4) is 0 Å². The van der Waals surface area contributed by atoms with Crippen molar-refractivity contribution in [2.24, 2.45) is 0 Å². The van der Waals surface area contributed by atoms with Crippen LogP contribution in [-0.2, 0) is 17.8 Å². The Morgan fingerprint density at radius 3 is 2.00 bits per heavy atom. The van der Waals surface area contributed by atoms with Gasteiger partial charge in [0, 0.05) is 5.57 Å². The van der Waals surface area contributed by atoms with E-state index in [2.05, 4.69) is 45.9 Å². The van der Waals surface area contributed by atoms with Crippen LogP contribution in [-0.4, -0.2) is 31.9 Å². The van der Waals surface area contributed by atoms with Crippen molar-refractivity contribution >= 4 is 31.9 Å². The van der Waals surface area contributed by atoms with Crippen LogP contribution in [0.1, 0.15) is 19.8 Å². The summed E-state index contributed by atoms with van der Waals surface area (Å²) in [5, 5.41) is 0. The molecule has 0 spiro atoms. The topological polar surface area (TPSA) is 44.8 Å². The second-order valence-electron chi connectivity index (χ2n) is 7.15. The van der Waals surface area contributed by atoms with Gasteiger partial charge < -0.3 is 13.0 Å². The van der Waals surface area contributed by atoms with Crippen LogP contribution in [0.4, 0.5) is 0 Å². The molecule has 0 aliphatic rings. The predicted octanol–water partition coefficient (Wildman–Crippen LogP) is 4.59. The SMILES string of the molecule is C=COC(=O)C(C)=CCCC[Si](O[Si](C)(C)C)O[Si](C)(C)C. The standard InChI is InChI=1S/C15H31O4Si3/c1-9-17-15(16)14(2)12-10-11-13-20(18-21(3,4)5)19-22(6,7)8/h9,12H,1,10-11,13H2,2-8H3. The highest BCUT2D eigenvalue weighted by atomic mass is 28.4. The number of carbonyl (C=O) groups excluding carboxylic acids is 1. The molecule has 0 aliphatic heterocycles. The highest BCUT2D eigenvalue weighted by Crippen LogP contribution is 2.17. The Bertz CT molecular complexity index is 379. The molecule has 0 atom stereocenters. The molecule has 0 rings (SSSR count). The maximum atomic E-state index is 11.5. The number of unbranched alkanes of at least 4 members (excludes halogenated alkanes) is 1. The molecule has 0 unspecified atom stereocenters. The molecule has 0 N–H and O–H groups in total. The van der Waals surface area contributed by atoms with E-state index in [9.17, 15) is 4.79 Å². The maximum Gasteiger partial charge on any atom is 0.362 e. The molecule has 0 bridgehead atoms. The Balaban J connectivity index is 4.42. The first-order valence-electron chi connectivity index (χ1n) is 7.67. The lowest BCUT2D eigenvalue weighted by molar-refractivity contribution is -0.133. The van der Waals surface area contributed by atoms with Crippen LogP contribution >= 0.6 is 0 Å². The van der Waals surface area contributed by atoms with Crippen LogP contribution in [0.2, 0.25) is 45.3 Å². The Morgan fingerprint density at radius 2 is 1.59 bits per heavy atom. The van der Waals surface area contributed by atoms with E-state index in [4.69, 9.17) is 13.0 Å². The number of ether oxygens (including phenoxy) is 1. The lowest BCUT2D eigenvalue weighted by Crippen LogP contribution is -2.43. The third kappa shape index (κ3) is 12.1. The van der Waals surface area contributed by atoms with Crippen molar-refractivity contribution in [3.63, 3.8) is 0 Å². The average molecular weight is 360 g/mol. The summed E-state index contributed by atoms with van der Waals surface area (Å²) in [5.41, 5.74) is 0.617. The van der Waals surface area contributed by atoms with Crippen LogP contribution in [0.25, 0.3) is 0 Å². The second kappa shape index (κ2) is 9.61. The van der Waals surface area contributed by atoms with Crippen molar-refractivity contribution in [3.05, 3.63) is 24.5 Å². The molecule has 0 amide bonds. The third-order valence-corrected chi connectivity index (χ3v) is 9.87. The molecule has 0 heterocycles. The molecule has 127 valence electrons. The van der Waals surface area contributed by atoms with Gasteiger partial charge in [-0.05, 0) is 65.1 Å². The predicted molar refractivity (Wildman–Crippen MR) is 98.7 cm³/mol. The largest absolute Gasteiger partial charge is 0.436 e. The molecule has 1 radical (unpaired) electrons. The monoisotopic (exact) mass is 359 g/mol. The Labute approximate surface area is 139 Å². The van der Waals surface area contributed by atoms with Gasteiger partial charge in [0.15, 0.2) is 16.6 Å². The van der Waals surface area contributed by atoms with E-state index in [1.54, 1.807) is 6.92 Å². The summed E-state index contributed by atoms with van der Waals surface area (Å²) in [5.74, 6) is -0.336. The quantitative estimate of drug-likeness (QED) is 0.188. The lowest BCUT2D eigenvalue weighted by atomic mass is 10.2. The molecular formula is C15H31O4Si3. The molecule has 22 heavy (non-hydrogen) atoms. The molecule has 4 nitrogen and oxygen atoms in total. The molecule has 0 aromatic heterocycles. The fraction of sp³-hybridized carbons (Fsp3) is 0.667. The van der Waals surface area contributed by atoms with Crippen molar-refractivity contribution in [1.29, 1.82) is 0 Å². The number of rotatable bonds is 10. The van der Waals surface area contributed by atoms with Crippen molar-refractivity contribution < 1.29 is 17.8 Å². The lowest BCUT2D eigenvalue weighted by Gasteiger charge is -2.29. The van der Waals surface area contributed by atoms with E-state index in [1.807, 2.05) is 6.08 Å². The molecule has 0 aromatic rings. The normalized spacial score (nSPS) is 13.4. The van der Waals surface area contributed by atoms with Gasteiger partial charge in [0.25, 0.3) is 0 Å². The summed E-state index contributed by atoms with van der Waals surface area (Å²) in [6.45, 7) is 18.3. The highest BCUT2D eigenvalue weighted by Gasteiger charge is 2.29. The van der Waals surface area contributed by atoms with E-state index in [-0.39, 0.29) is 5.97 Å². The molecule has 0 fully saturated rings. The first-order chi connectivity index (χ1) is 9.94. The van der Waals surface area contributed by atoms with Gasteiger partial charge in [0.1, 0.15) is 0 Å². The van der Waals surface area contributed by atoms with E-state index in [0.717, 1.165) is 25.1 Å². The van der Waals surface area contributed by atoms with Gasteiger partial charge in [0.05, 0.1) is 6.26 Å². The van der Waals surface area contributed by atoms with Crippen molar-refractivity contribution in [3.8, 4) is 0 Å². The number of carbonyl (C=O) groups is 1. The van der Waals surface area contributed by atoms with Gasteiger partial charge in [0.2, 0.25) is 0 Å². The van der Waals surface area contributed by atoms with Gasteiger partial charge in [-0.1, -0.05) is 12.7 Å². The third-order valence-electron chi connectivity index (χ3n) is 2.39. The minimum Gasteiger partial charge on any atom is -0.436 e. The fourth-order valence-corrected chi connectivity index (χ4v) is 8.94. The first kappa shape index (κ1) is 21.5. The number of hydrogen-bond acceptors (Lipinski definition) is 4. The molecule has 7 heteroatoms. The van der Waals surface area contributed by atoms with E-state index >= 15 is 0 Å². The summed E-state index contributed by atoms with van der Waals surface area (Å²) in [6, 6.07) is 0.944. The second-order valence-corrected chi connectivity index (χ2v) is 18.5. The minimum atomic E-state index is -1.59. The maximum absolute atomic E-state index is 11.5. The molecular weight excluding hydrogens is 328 g/mol. The zero-order chi connectivity index (χ0) is 17.4. The smallest absolute Gasteiger partial charge is 0.362 e. The molecule has 0 saturated heterocycles. The van der Waals surface area contributed by atoms with Gasteiger partial charge >= 0.3 is 15.3 Å². The molecule has 0 aromatic carbocycles. The fourth-order valence-electron chi connectivity index (χ4n) is 1.62. The summed E-state index contributed by atoms with van der Waals surface area (Å²) >= 11 is 0. The van der Waals surface area contributed by atoms with Crippen molar-refractivity contribution in [2.75, 3.05) is 0 Å². The average Bonchev–Trinajstić information content (AvgIpc) is 2.30. The van der Waals surface area contributed by atoms with E-state index in [0.29, 0.717) is 5.57 Å². The summed E-state index contributed by atoms with van der Waals surface area (Å²) in [6.07, 6.45) is 4.86. The first-order valence-corrected chi connectivity index (χ1v) is 16.0. The van der Waals surface area contributed by atoms with Gasteiger partial charge in [-0.15, -0.1) is 0 Å². The van der Waals surface area contributed by atoms with E-state index in [1.165, 1.54) is 0 Å². The number of allylic oxidation sites excluding steroid dienone is 1.